The standard InChI is InChI=1S/C11H16N6O7/c18-8(19)4-2-6(10(22)23)13-11(24)12-5(9(20)21)1-3-7-14-16-17-15-7/h5-6H,1-4H2,(H,18,19)(H,20,21)(H,22,23)(H2,12,13,24)(H,14,15,16,17)/t5?,6-/m0/s1. The molecule has 24 heavy (non-hydrogen) atoms. The molecule has 0 aliphatic rings. The third kappa shape index (κ3) is 6.67. The van der Waals surface area contributed by atoms with E-state index in [1.807, 2.05) is 5.32 Å². The summed E-state index contributed by atoms with van der Waals surface area (Å²) in [5.41, 5.74) is 0. The molecule has 2 atom stereocenters. The topological polar surface area (TPSA) is 207 Å². The number of H-pyrrole nitrogens is 1. The molecule has 0 bridgehead atoms. The zero-order valence-electron chi connectivity index (χ0n) is 12.3. The van der Waals surface area contributed by atoms with Crippen molar-refractivity contribution >= 4 is 23.9 Å². The van der Waals surface area contributed by atoms with E-state index in [1.165, 1.54) is 0 Å². The zero-order valence-corrected chi connectivity index (χ0v) is 12.3. The van der Waals surface area contributed by atoms with Crippen LogP contribution in [0.5, 0.6) is 0 Å². The van der Waals surface area contributed by atoms with Gasteiger partial charge in [0.25, 0.3) is 0 Å². The van der Waals surface area contributed by atoms with Gasteiger partial charge in [-0.3, -0.25) is 4.79 Å². The SMILES string of the molecule is O=C(O)CC[C@H](NC(=O)NC(CCc1nnn[nH]1)C(=O)O)C(=O)O. The fourth-order valence-electron chi connectivity index (χ4n) is 1.71. The summed E-state index contributed by atoms with van der Waals surface area (Å²) < 4.78 is 0. The highest BCUT2D eigenvalue weighted by Gasteiger charge is 2.25. The summed E-state index contributed by atoms with van der Waals surface area (Å²) in [5, 5.41) is 43.3. The summed E-state index contributed by atoms with van der Waals surface area (Å²) in [4.78, 5) is 44.3. The van der Waals surface area contributed by atoms with Gasteiger partial charge in [0.2, 0.25) is 0 Å². The van der Waals surface area contributed by atoms with E-state index < -0.39 is 42.4 Å². The van der Waals surface area contributed by atoms with Crippen LogP contribution in [0.4, 0.5) is 4.79 Å². The van der Waals surface area contributed by atoms with Crippen molar-refractivity contribution in [3.63, 3.8) is 0 Å². The normalized spacial score (nSPS) is 12.8. The first-order valence-corrected chi connectivity index (χ1v) is 6.76. The Morgan fingerprint density at radius 2 is 1.58 bits per heavy atom. The van der Waals surface area contributed by atoms with Gasteiger partial charge >= 0.3 is 23.9 Å². The van der Waals surface area contributed by atoms with E-state index in [0.29, 0.717) is 5.82 Å². The van der Waals surface area contributed by atoms with Gasteiger partial charge in [0.05, 0.1) is 0 Å². The molecular formula is C11H16N6O7. The van der Waals surface area contributed by atoms with E-state index in [-0.39, 0.29) is 19.3 Å². The van der Waals surface area contributed by atoms with Crippen molar-refractivity contribution in [2.75, 3.05) is 0 Å². The first-order valence-electron chi connectivity index (χ1n) is 6.76. The van der Waals surface area contributed by atoms with Gasteiger partial charge in [0.15, 0.2) is 0 Å². The summed E-state index contributed by atoms with van der Waals surface area (Å²) >= 11 is 0. The molecule has 0 spiro atoms. The van der Waals surface area contributed by atoms with Gasteiger partial charge in [-0.05, 0) is 23.3 Å². The van der Waals surface area contributed by atoms with E-state index in [4.69, 9.17) is 15.3 Å². The number of carboxylic acids is 3. The van der Waals surface area contributed by atoms with Crippen LogP contribution < -0.4 is 10.6 Å². The fraction of sp³-hybridized carbons (Fsp3) is 0.545. The Labute approximate surface area is 134 Å². The number of aromatic amines is 1. The van der Waals surface area contributed by atoms with Gasteiger partial charge in [-0.15, -0.1) is 5.10 Å². The minimum Gasteiger partial charge on any atom is -0.481 e. The Morgan fingerprint density at radius 1 is 1.00 bits per heavy atom. The molecule has 13 heteroatoms. The van der Waals surface area contributed by atoms with Crippen LogP contribution in [0.15, 0.2) is 0 Å². The summed E-state index contributed by atoms with van der Waals surface area (Å²) in [7, 11) is 0. The van der Waals surface area contributed by atoms with Crippen molar-refractivity contribution in [3.05, 3.63) is 5.82 Å². The van der Waals surface area contributed by atoms with Crippen molar-refractivity contribution in [2.45, 2.75) is 37.8 Å². The number of carbonyl (C=O) groups excluding carboxylic acids is 1. The Morgan fingerprint density at radius 3 is 2.04 bits per heavy atom. The smallest absolute Gasteiger partial charge is 0.326 e. The van der Waals surface area contributed by atoms with Crippen molar-refractivity contribution in [3.8, 4) is 0 Å². The minimum atomic E-state index is -1.45. The highest BCUT2D eigenvalue weighted by atomic mass is 16.4. The maximum absolute atomic E-state index is 11.7. The Balaban J connectivity index is 2.54. The summed E-state index contributed by atoms with van der Waals surface area (Å²) in [5.74, 6) is -3.64. The molecule has 0 radical (unpaired) electrons. The Bertz CT molecular complexity index is 590. The molecule has 1 aromatic rings. The Hall–Kier alpha value is -3.25. The molecule has 1 unspecified atom stereocenters. The quantitative estimate of drug-likeness (QED) is 0.280. The predicted octanol–water partition coefficient (Wildman–Crippen LogP) is -1.80. The number of hydrogen-bond acceptors (Lipinski definition) is 7. The first-order chi connectivity index (χ1) is 11.3. The average molecular weight is 344 g/mol. The molecule has 2 amide bonds. The summed E-state index contributed by atoms with van der Waals surface area (Å²) in [6.07, 6.45) is -0.685. The van der Waals surface area contributed by atoms with E-state index in [2.05, 4.69) is 25.9 Å². The fourth-order valence-corrected chi connectivity index (χ4v) is 1.71. The lowest BCUT2D eigenvalue weighted by molar-refractivity contribution is -0.140. The Kier molecular flexibility index (Phi) is 7.06. The van der Waals surface area contributed by atoms with Crippen LogP contribution in [-0.4, -0.2) is 72.0 Å². The molecule has 1 aromatic heterocycles. The molecule has 1 heterocycles. The number of tetrazole rings is 1. The van der Waals surface area contributed by atoms with Crippen LogP contribution in [0.1, 0.15) is 25.1 Å². The van der Waals surface area contributed by atoms with Gasteiger partial charge in [-0.2, -0.15) is 0 Å². The van der Waals surface area contributed by atoms with Crippen LogP contribution >= 0.6 is 0 Å². The number of carbonyl (C=O) groups is 4. The molecule has 0 saturated heterocycles. The number of nitrogens with one attached hydrogen (secondary N) is 3. The molecule has 6 N–H and O–H groups in total. The number of amides is 2. The zero-order chi connectivity index (χ0) is 18.1. The van der Waals surface area contributed by atoms with Crippen molar-refractivity contribution in [1.82, 2.24) is 31.3 Å². The van der Waals surface area contributed by atoms with E-state index in [0.717, 1.165) is 0 Å². The first kappa shape index (κ1) is 18.8. The number of aromatic nitrogens is 4. The number of nitrogens with zero attached hydrogens (tertiary/aromatic N) is 3. The number of urea groups is 1. The number of aliphatic carboxylic acids is 3. The maximum Gasteiger partial charge on any atom is 0.326 e. The molecule has 1 rings (SSSR count). The summed E-state index contributed by atoms with van der Waals surface area (Å²) in [6, 6.07) is -3.78. The average Bonchev–Trinajstić information content (AvgIpc) is 3.00. The lowest BCUT2D eigenvalue weighted by atomic mass is 10.1. The second-order valence-corrected chi connectivity index (χ2v) is 4.72. The number of rotatable bonds is 10. The monoisotopic (exact) mass is 344 g/mol. The lowest BCUT2D eigenvalue weighted by Gasteiger charge is -2.17. The van der Waals surface area contributed by atoms with Crippen molar-refractivity contribution < 1.29 is 34.5 Å². The third-order valence-electron chi connectivity index (χ3n) is 2.91. The van der Waals surface area contributed by atoms with E-state index >= 15 is 0 Å². The van der Waals surface area contributed by atoms with Gasteiger partial charge < -0.3 is 26.0 Å². The third-order valence-corrected chi connectivity index (χ3v) is 2.91. The second-order valence-electron chi connectivity index (χ2n) is 4.72. The van der Waals surface area contributed by atoms with Gasteiger partial charge in [-0.1, -0.05) is 0 Å². The molecule has 0 aliphatic heterocycles. The minimum absolute atomic E-state index is 0.0352. The molecule has 0 aromatic carbocycles. The predicted molar refractivity (Wildman–Crippen MR) is 73.9 cm³/mol. The van der Waals surface area contributed by atoms with Gasteiger partial charge in [0, 0.05) is 12.8 Å². The second kappa shape index (κ2) is 9.02. The van der Waals surface area contributed by atoms with E-state index in [9.17, 15) is 19.2 Å². The lowest BCUT2D eigenvalue weighted by Crippen LogP contribution is -2.51. The van der Waals surface area contributed by atoms with Crippen LogP contribution in [0.3, 0.4) is 0 Å². The van der Waals surface area contributed by atoms with Crippen LogP contribution in [0.2, 0.25) is 0 Å². The largest absolute Gasteiger partial charge is 0.481 e. The number of carboxylic acid groups (broad SMARTS) is 3. The highest BCUT2D eigenvalue weighted by molar-refractivity contribution is 5.86. The maximum atomic E-state index is 11.7. The summed E-state index contributed by atoms with van der Waals surface area (Å²) in [6.45, 7) is 0. The van der Waals surface area contributed by atoms with Crippen LogP contribution in [0.25, 0.3) is 0 Å². The molecule has 0 saturated carbocycles. The van der Waals surface area contributed by atoms with E-state index in [1.54, 1.807) is 0 Å². The van der Waals surface area contributed by atoms with Gasteiger partial charge in [-0.25, -0.2) is 19.5 Å². The van der Waals surface area contributed by atoms with Crippen molar-refractivity contribution in [1.29, 1.82) is 0 Å². The molecule has 0 aliphatic carbocycles. The molecule has 13 nitrogen and oxygen atoms in total. The van der Waals surface area contributed by atoms with Crippen LogP contribution in [-0.2, 0) is 20.8 Å². The van der Waals surface area contributed by atoms with Crippen molar-refractivity contribution in [2.24, 2.45) is 0 Å². The number of hydrogen-bond donors (Lipinski definition) is 6. The van der Waals surface area contributed by atoms with Gasteiger partial charge in [0.1, 0.15) is 17.9 Å². The molecule has 132 valence electrons. The molecular weight excluding hydrogens is 328 g/mol. The van der Waals surface area contributed by atoms with Crippen LogP contribution in [0, 0.1) is 0 Å². The number of aryl methyl sites for hydroxylation is 1. The molecule has 0 fully saturated rings. The highest BCUT2D eigenvalue weighted by Crippen LogP contribution is 2.01.